The molecule has 5 heteroatoms. The van der Waals surface area contributed by atoms with E-state index in [0.29, 0.717) is 6.42 Å². The molecule has 1 unspecified atom stereocenters. The molecule has 1 aromatic heterocycles. The molecule has 0 aliphatic heterocycles. The molecule has 0 radical (unpaired) electrons. The number of rotatable bonds is 11. The Bertz CT molecular complexity index is 496. The molecule has 128 valence electrons. The fraction of sp³-hybridized carbons (Fsp3) is 0.556. The number of nitrogens with zero attached hydrogens (tertiary/aromatic N) is 3. The van der Waals surface area contributed by atoms with E-state index in [-0.39, 0.29) is 0 Å². The lowest BCUT2D eigenvalue weighted by Crippen LogP contribution is -2.35. The van der Waals surface area contributed by atoms with Gasteiger partial charge in [-0.1, -0.05) is 34.4 Å². The lowest BCUT2D eigenvalue weighted by molar-refractivity contribution is 0.0787. The normalized spacial score (nSPS) is 12.9. The lowest BCUT2D eigenvalue weighted by Gasteiger charge is -2.33. The van der Waals surface area contributed by atoms with Crippen LogP contribution in [0.2, 0.25) is 24.2 Å². The summed E-state index contributed by atoms with van der Waals surface area (Å²) < 4.78 is 1.51. The van der Waals surface area contributed by atoms with Crippen LogP contribution in [-0.2, 0) is 0 Å². The van der Waals surface area contributed by atoms with Crippen LogP contribution in [0.15, 0.2) is 48.8 Å². The van der Waals surface area contributed by atoms with E-state index >= 15 is 0 Å². The maximum Gasteiger partial charge on any atom is 0.148 e. The zero-order valence-corrected chi connectivity index (χ0v) is 15.9. The Hall–Kier alpha value is -1.46. The zero-order valence-electron chi connectivity index (χ0n) is 14.9. The van der Waals surface area contributed by atoms with Crippen molar-refractivity contribution in [2.45, 2.75) is 64.0 Å². The van der Waals surface area contributed by atoms with Crippen LogP contribution in [0.25, 0.3) is 0 Å². The fourth-order valence-corrected chi connectivity index (χ4v) is 9.24. The number of aromatic nitrogens is 3. The predicted octanol–water partition coefficient (Wildman–Crippen LogP) is 4.73. The third-order valence-corrected chi connectivity index (χ3v) is 9.42. The maximum atomic E-state index is 10.2. The van der Waals surface area contributed by atoms with Crippen LogP contribution in [-0.4, -0.2) is 28.2 Å². The molecule has 1 aromatic rings. The first-order chi connectivity index (χ1) is 10.7. The average Bonchev–Trinajstić information content (AvgIpc) is 2.89. The van der Waals surface area contributed by atoms with Gasteiger partial charge >= 0.3 is 0 Å². The van der Waals surface area contributed by atoms with E-state index < -0.39 is 14.3 Å². The van der Waals surface area contributed by atoms with E-state index in [1.165, 1.54) is 21.4 Å². The van der Waals surface area contributed by atoms with Gasteiger partial charge in [0.25, 0.3) is 0 Å². The molecule has 0 aliphatic carbocycles. The smallest absolute Gasteiger partial charge is 0.148 e. The van der Waals surface area contributed by atoms with Crippen molar-refractivity contribution in [2.24, 2.45) is 0 Å². The highest BCUT2D eigenvalue weighted by Gasteiger charge is 2.32. The molecule has 0 saturated heterocycles. The number of hydrogen-bond acceptors (Lipinski definition) is 3. The molecule has 1 N–H and O–H groups in total. The first kappa shape index (κ1) is 19.6. The van der Waals surface area contributed by atoms with E-state index in [2.05, 4.69) is 50.8 Å². The molecule has 0 aromatic carbocycles. The van der Waals surface area contributed by atoms with Gasteiger partial charge in [-0.3, -0.25) is 0 Å². The molecule has 23 heavy (non-hydrogen) atoms. The SMILES string of the molecule is C=C(C)C[Si](CCCC(O)n1ccnn1)(CC(=C)C)CC(=C)C. The highest BCUT2D eigenvalue weighted by Crippen LogP contribution is 2.36. The third kappa shape index (κ3) is 7.10. The molecule has 0 saturated carbocycles. The van der Waals surface area contributed by atoms with Crippen molar-refractivity contribution in [1.29, 1.82) is 0 Å². The highest BCUT2D eigenvalue weighted by molar-refractivity contribution is 6.81. The third-order valence-electron chi connectivity index (χ3n) is 3.95. The van der Waals surface area contributed by atoms with Crippen LogP contribution in [0, 0.1) is 0 Å². The van der Waals surface area contributed by atoms with Crippen molar-refractivity contribution < 1.29 is 5.11 Å². The van der Waals surface area contributed by atoms with Gasteiger partial charge in [0.05, 0.1) is 14.3 Å². The summed E-state index contributed by atoms with van der Waals surface area (Å²) in [5, 5.41) is 17.8. The quantitative estimate of drug-likeness (QED) is 0.470. The van der Waals surface area contributed by atoms with E-state index in [1.54, 1.807) is 12.4 Å². The first-order valence-electron chi connectivity index (χ1n) is 8.21. The van der Waals surface area contributed by atoms with Gasteiger partial charge < -0.3 is 5.11 Å². The average molecular weight is 334 g/mol. The Balaban J connectivity index is 2.75. The van der Waals surface area contributed by atoms with Crippen molar-refractivity contribution in [3.8, 4) is 0 Å². The molecular formula is C18H31N3OSi. The summed E-state index contributed by atoms with van der Waals surface area (Å²) in [6, 6.07) is 4.45. The Morgan fingerprint density at radius 2 is 1.61 bits per heavy atom. The van der Waals surface area contributed by atoms with Gasteiger partial charge in [-0.05, 0) is 45.3 Å². The lowest BCUT2D eigenvalue weighted by atomic mass is 10.3. The number of aliphatic hydroxyl groups is 1. The van der Waals surface area contributed by atoms with Crippen LogP contribution in [0.4, 0.5) is 0 Å². The Morgan fingerprint density at radius 1 is 1.09 bits per heavy atom. The molecule has 4 nitrogen and oxygen atoms in total. The minimum absolute atomic E-state index is 0.594. The maximum absolute atomic E-state index is 10.2. The first-order valence-corrected chi connectivity index (χ1v) is 11.0. The van der Waals surface area contributed by atoms with Gasteiger partial charge in [-0.2, -0.15) is 0 Å². The topological polar surface area (TPSA) is 50.9 Å². The van der Waals surface area contributed by atoms with Gasteiger partial charge in [0.2, 0.25) is 0 Å². The minimum atomic E-state index is -1.59. The predicted molar refractivity (Wildman–Crippen MR) is 99.9 cm³/mol. The summed E-state index contributed by atoms with van der Waals surface area (Å²) in [6.45, 7) is 18.8. The van der Waals surface area contributed by atoms with E-state index in [1.807, 2.05) is 0 Å². The minimum Gasteiger partial charge on any atom is -0.372 e. The fourth-order valence-electron chi connectivity index (χ4n) is 3.54. The van der Waals surface area contributed by atoms with Gasteiger partial charge in [-0.25, -0.2) is 4.68 Å². The van der Waals surface area contributed by atoms with Gasteiger partial charge in [0, 0.05) is 6.20 Å². The standard InChI is InChI=1S/C18H31N3OSi/c1-15(2)12-23(13-16(3)4,14-17(5)6)11-7-8-18(22)21-10-9-19-20-21/h9-10,18,22H,1,3,5,7-8,11-14H2,2,4,6H3. The van der Waals surface area contributed by atoms with E-state index in [4.69, 9.17) is 0 Å². The van der Waals surface area contributed by atoms with Crippen LogP contribution in [0.1, 0.15) is 39.8 Å². The summed E-state index contributed by atoms with van der Waals surface area (Å²) >= 11 is 0. The van der Waals surface area contributed by atoms with Crippen molar-refractivity contribution in [3.63, 3.8) is 0 Å². The largest absolute Gasteiger partial charge is 0.372 e. The summed E-state index contributed by atoms with van der Waals surface area (Å²) in [6.07, 6.45) is 4.36. The second-order valence-corrected chi connectivity index (χ2v) is 11.7. The number of hydrogen-bond donors (Lipinski definition) is 1. The Labute approximate surface area is 141 Å². The summed E-state index contributed by atoms with van der Waals surface area (Å²) in [4.78, 5) is 0. The van der Waals surface area contributed by atoms with Crippen molar-refractivity contribution in [3.05, 3.63) is 48.8 Å². The van der Waals surface area contributed by atoms with Crippen molar-refractivity contribution in [2.75, 3.05) is 0 Å². The zero-order chi connectivity index (χ0) is 17.5. The molecule has 0 amide bonds. The second-order valence-electron chi connectivity index (χ2n) is 7.16. The molecule has 0 fully saturated rings. The van der Waals surface area contributed by atoms with Crippen molar-refractivity contribution in [1.82, 2.24) is 15.0 Å². The number of aliphatic hydroxyl groups excluding tert-OH is 1. The van der Waals surface area contributed by atoms with Gasteiger partial charge in [0.1, 0.15) is 6.23 Å². The Morgan fingerprint density at radius 3 is 2.00 bits per heavy atom. The number of allylic oxidation sites excluding steroid dienone is 3. The van der Waals surface area contributed by atoms with E-state index in [9.17, 15) is 5.11 Å². The van der Waals surface area contributed by atoms with Crippen LogP contribution in [0.5, 0.6) is 0 Å². The van der Waals surface area contributed by atoms with Gasteiger partial charge in [-0.15, -0.1) is 24.8 Å². The van der Waals surface area contributed by atoms with Gasteiger partial charge in [0.15, 0.2) is 0 Å². The van der Waals surface area contributed by atoms with E-state index in [0.717, 1.165) is 30.6 Å². The summed E-state index contributed by atoms with van der Waals surface area (Å²) in [7, 11) is -1.59. The molecule has 0 spiro atoms. The summed E-state index contributed by atoms with van der Waals surface area (Å²) in [5.41, 5.74) is 3.74. The monoisotopic (exact) mass is 333 g/mol. The molecule has 1 rings (SSSR count). The molecular weight excluding hydrogens is 302 g/mol. The highest BCUT2D eigenvalue weighted by atomic mass is 28.3. The Kier molecular flexibility index (Phi) is 7.65. The van der Waals surface area contributed by atoms with Crippen LogP contribution >= 0.6 is 0 Å². The molecule has 1 heterocycles. The second kappa shape index (κ2) is 8.98. The summed E-state index contributed by atoms with van der Waals surface area (Å²) in [5.74, 6) is 0. The molecule has 0 aliphatic rings. The molecule has 1 atom stereocenters. The molecule has 0 bridgehead atoms. The van der Waals surface area contributed by atoms with Crippen molar-refractivity contribution >= 4 is 8.07 Å². The van der Waals surface area contributed by atoms with Crippen LogP contribution < -0.4 is 0 Å². The van der Waals surface area contributed by atoms with Crippen LogP contribution in [0.3, 0.4) is 0 Å².